The summed E-state index contributed by atoms with van der Waals surface area (Å²) in [7, 11) is 1.75. The molecule has 0 aliphatic carbocycles. The average molecular weight is 307 g/mol. The van der Waals surface area contributed by atoms with E-state index in [1.54, 1.807) is 30.1 Å². The predicted molar refractivity (Wildman–Crippen MR) is 83.3 cm³/mol. The quantitative estimate of drug-likeness (QED) is 0.736. The zero-order valence-corrected chi connectivity index (χ0v) is 12.3. The van der Waals surface area contributed by atoms with Crippen molar-refractivity contribution >= 4 is 22.4 Å². The first-order valence-corrected chi connectivity index (χ1v) is 7.13. The normalized spacial score (nSPS) is 17.8. The molecular formula is C17H13N3O3. The van der Waals surface area contributed by atoms with Crippen molar-refractivity contribution in [2.24, 2.45) is 7.05 Å². The number of rotatable bonds is 2. The molecule has 0 bridgehead atoms. The first-order valence-electron chi connectivity index (χ1n) is 7.13. The van der Waals surface area contributed by atoms with Crippen LogP contribution in [0.25, 0.3) is 16.5 Å². The monoisotopic (exact) mass is 307 g/mol. The minimum atomic E-state index is -0.749. The molecule has 0 saturated carbocycles. The van der Waals surface area contributed by atoms with Gasteiger partial charge in [0.1, 0.15) is 0 Å². The fourth-order valence-corrected chi connectivity index (χ4v) is 2.78. The fourth-order valence-electron chi connectivity index (χ4n) is 2.78. The van der Waals surface area contributed by atoms with Crippen LogP contribution in [0.4, 0.5) is 0 Å². The Morgan fingerprint density at radius 1 is 1.17 bits per heavy atom. The Bertz CT molecular complexity index is 958. The Hall–Kier alpha value is -3.15. The second-order valence-corrected chi connectivity index (χ2v) is 5.32. The van der Waals surface area contributed by atoms with Crippen molar-refractivity contribution in [2.45, 2.75) is 6.10 Å². The molecule has 6 heteroatoms. The van der Waals surface area contributed by atoms with Gasteiger partial charge < -0.3 is 9.84 Å². The van der Waals surface area contributed by atoms with Gasteiger partial charge in [0.2, 0.25) is 5.76 Å². The lowest BCUT2D eigenvalue weighted by atomic mass is 10.0. The number of aliphatic hydroxyl groups is 1. The van der Waals surface area contributed by atoms with Crippen LogP contribution in [0.1, 0.15) is 17.5 Å². The molecule has 0 saturated heterocycles. The van der Waals surface area contributed by atoms with Crippen LogP contribution < -0.4 is 0 Å². The number of para-hydroxylation sites is 1. The maximum absolute atomic E-state index is 11.9. The van der Waals surface area contributed by atoms with E-state index in [1.165, 1.54) is 0 Å². The highest BCUT2D eigenvalue weighted by molar-refractivity contribution is 6.00. The number of carbonyl (C=O) groups is 1. The molecule has 1 aliphatic heterocycles. The van der Waals surface area contributed by atoms with Gasteiger partial charge >= 0.3 is 5.97 Å². The number of ether oxygens (including phenoxy) is 1. The van der Waals surface area contributed by atoms with Crippen LogP contribution in [-0.2, 0) is 16.6 Å². The largest absolute Gasteiger partial charge is 0.501 e. The van der Waals surface area contributed by atoms with Gasteiger partial charge in [-0.2, -0.15) is 5.10 Å². The van der Waals surface area contributed by atoms with E-state index in [-0.39, 0.29) is 0 Å². The van der Waals surface area contributed by atoms with E-state index in [9.17, 15) is 9.90 Å². The summed E-state index contributed by atoms with van der Waals surface area (Å²) in [4.78, 5) is 16.4. The standard InChI is InChI=1S/C17H13N3O3/c1-20-13(8-9-18-20)16-14(15(21)17(22)23-16)12-7-6-10-4-2-3-5-11(10)19-12/h2-9,16,21H,1H3. The van der Waals surface area contributed by atoms with Crippen LogP contribution in [-0.4, -0.2) is 25.8 Å². The molecule has 23 heavy (non-hydrogen) atoms. The van der Waals surface area contributed by atoms with Crippen LogP contribution in [0.2, 0.25) is 0 Å². The van der Waals surface area contributed by atoms with Crippen LogP contribution >= 0.6 is 0 Å². The summed E-state index contributed by atoms with van der Waals surface area (Å²) < 4.78 is 6.92. The highest BCUT2D eigenvalue weighted by Crippen LogP contribution is 2.40. The number of hydrogen-bond acceptors (Lipinski definition) is 5. The van der Waals surface area contributed by atoms with E-state index in [0.29, 0.717) is 17.0 Å². The van der Waals surface area contributed by atoms with Gasteiger partial charge in [0.05, 0.1) is 22.5 Å². The lowest BCUT2D eigenvalue weighted by Gasteiger charge is -2.14. The van der Waals surface area contributed by atoms with Crippen molar-refractivity contribution in [1.29, 1.82) is 0 Å². The number of aryl methyl sites for hydroxylation is 1. The number of cyclic esters (lactones) is 1. The average Bonchev–Trinajstić information content (AvgIpc) is 3.11. The number of aliphatic hydroxyl groups excluding tert-OH is 1. The number of fused-ring (bicyclic) bond motifs is 1. The minimum Gasteiger partial charge on any atom is -0.501 e. The first kappa shape index (κ1) is 13.5. The highest BCUT2D eigenvalue weighted by atomic mass is 16.6. The Labute approximate surface area is 131 Å². The van der Waals surface area contributed by atoms with E-state index in [4.69, 9.17) is 4.74 Å². The van der Waals surface area contributed by atoms with Crippen molar-refractivity contribution in [3.8, 4) is 0 Å². The van der Waals surface area contributed by atoms with Gasteiger partial charge in [-0.3, -0.25) is 4.68 Å². The molecule has 0 radical (unpaired) electrons. The van der Waals surface area contributed by atoms with Gasteiger partial charge in [-0.25, -0.2) is 9.78 Å². The predicted octanol–water partition coefficient (Wildman–Crippen LogP) is 2.54. The molecule has 1 N–H and O–H groups in total. The molecule has 2 aromatic heterocycles. The topological polar surface area (TPSA) is 77.2 Å². The molecule has 0 fully saturated rings. The third kappa shape index (κ3) is 2.07. The smallest absolute Gasteiger partial charge is 0.374 e. The molecule has 1 atom stereocenters. The first-order chi connectivity index (χ1) is 11.1. The lowest BCUT2D eigenvalue weighted by Crippen LogP contribution is -2.09. The number of nitrogens with zero attached hydrogens (tertiary/aromatic N) is 3. The molecule has 6 nitrogen and oxygen atoms in total. The van der Waals surface area contributed by atoms with Gasteiger partial charge in [-0.05, 0) is 18.2 Å². The molecule has 114 valence electrons. The van der Waals surface area contributed by atoms with E-state index >= 15 is 0 Å². The summed E-state index contributed by atoms with van der Waals surface area (Å²) in [6.07, 6.45) is 0.896. The fraction of sp³-hybridized carbons (Fsp3) is 0.118. The SMILES string of the molecule is Cn1nccc1C1OC(=O)C(O)=C1c1ccc2ccccc2n1. The van der Waals surface area contributed by atoms with Gasteiger partial charge in [0.15, 0.2) is 6.10 Å². The number of pyridine rings is 1. The Balaban J connectivity index is 1.88. The number of aromatic nitrogens is 3. The minimum absolute atomic E-state index is 0.365. The van der Waals surface area contributed by atoms with E-state index in [1.807, 2.05) is 30.3 Å². The van der Waals surface area contributed by atoms with Crippen molar-refractivity contribution < 1.29 is 14.6 Å². The molecule has 4 rings (SSSR count). The second-order valence-electron chi connectivity index (χ2n) is 5.32. The van der Waals surface area contributed by atoms with Crippen LogP contribution in [0.3, 0.4) is 0 Å². The van der Waals surface area contributed by atoms with E-state index in [0.717, 1.165) is 10.9 Å². The Morgan fingerprint density at radius 2 is 2.00 bits per heavy atom. The summed E-state index contributed by atoms with van der Waals surface area (Å²) in [6.45, 7) is 0. The van der Waals surface area contributed by atoms with Crippen molar-refractivity contribution in [2.75, 3.05) is 0 Å². The van der Waals surface area contributed by atoms with E-state index in [2.05, 4.69) is 10.1 Å². The van der Waals surface area contributed by atoms with Crippen LogP contribution in [0, 0.1) is 0 Å². The highest BCUT2D eigenvalue weighted by Gasteiger charge is 2.38. The summed E-state index contributed by atoms with van der Waals surface area (Å²) in [5.41, 5.74) is 2.34. The van der Waals surface area contributed by atoms with Gasteiger partial charge in [-0.1, -0.05) is 24.3 Å². The molecule has 1 aliphatic rings. The van der Waals surface area contributed by atoms with Crippen LogP contribution in [0.5, 0.6) is 0 Å². The molecule has 1 unspecified atom stereocenters. The van der Waals surface area contributed by atoms with Crippen molar-refractivity contribution in [3.05, 3.63) is 65.8 Å². The lowest BCUT2D eigenvalue weighted by molar-refractivity contribution is -0.142. The summed E-state index contributed by atoms with van der Waals surface area (Å²) >= 11 is 0. The third-order valence-electron chi connectivity index (χ3n) is 3.94. The van der Waals surface area contributed by atoms with Crippen molar-refractivity contribution in [3.63, 3.8) is 0 Å². The maximum atomic E-state index is 11.9. The molecule has 0 spiro atoms. The zero-order chi connectivity index (χ0) is 16.0. The number of benzene rings is 1. The summed E-state index contributed by atoms with van der Waals surface area (Å²) in [6, 6.07) is 13.1. The molecule has 3 aromatic rings. The Morgan fingerprint density at radius 3 is 2.78 bits per heavy atom. The maximum Gasteiger partial charge on any atom is 0.374 e. The Kier molecular flexibility index (Phi) is 2.90. The van der Waals surface area contributed by atoms with Gasteiger partial charge in [-0.15, -0.1) is 0 Å². The van der Waals surface area contributed by atoms with Gasteiger partial charge in [0, 0.05) is 18.6 Å². The van der Waals surface area contributed by atoms with E-state index < -0.39 is 17.8 Å². The van der Waals surface area contributed by atoms with Gasteiger partial charge in [0.25, 0.3) is 0 Å². The zero-order valence-electron chi connectivity index (χ0n) is 12.3. The second kappa shape index (κ2) is 4.95. The number of carbonyl (C=O) groups excluding carboxylic acids is 1. The molecule has 1 aromatic carbocycles. The molecular weight excluding hydrogens is 294 g/mol. The number of esters is 1. The third-order valence-corrected chi connectivity index (χ3v) is 3.94. The van der Waals surface area contributed by atoms with Crippen LogP contribution in [0.15, 0.2) is 54.4 Å². The summed E-state index contributed by atoms with van der Waals surface area (Å²) in [5, 5.41) is 15.3. The molecule has 3 heterocycles. The number of hydrogen-bond donors (Lipinski definition) is 1. The summed E-state index contributed by atoms with van der Waals surface area (Å²) in [5.74, 6) is -1.15. The van der Waals surface area contributed by atoms with Crippen molar-refractivity contribution in [1.82, 2.24) is 14.8 Å². The molecule has 0 amide bonds.